The van der Waals surface area contributed by atoms with Crippen LogP contribution in [0.25, 0.3) is 104 Å². The number of fused-ring (bicyclic) bond motifs is 10. The van der Waals surface area contributed by atoms with Crippen molar-refractivity contribution in [2.45, 2.75) is 0 Å². The summed E-state index contributed by atoms with van der Waals surface area (Å²) in [4.78, 5) is 0. The summed E-state index contributed by atoms with van der Waals surface area (Å²) in [5, 5.41) is 10.2. The second-order valence-corrected chi connectivity index (χ2v) is 13.3. The summed E-state index contributed by atoms with van der Waals surface area (Å²) in [6.45, 7) is 0. The average molecular weight is 620 g/mol. The van der Waals surface area contributed by atoms with Gasteiger partial charge in [0.1, 0.15) is 0 Å². The molecule has 1 nitrogen and oxygen atoms in total. The minimum absolute atomic E-state index is 1.17. The summed E-state index contributed by atoms with van der Waals surface area (Å²) in [5.74, 6) is 0. The highest BCUT2D eigenvalue weighted by molar-refractivity contribution is 6.25. The van der Waals surface area contributed by atoms with Crippen molar-refractivity contribution in [3.05, 3.63) is 176 Å². The van der Waals surface area contributed by atoms with Gasteiger partial charge in [0.2, 0.25) is 0 Å². The predicted octanol–water partition coefficient (Wildman–Crippen LogP) is 13.2. The van der Waals surface area contributed by atoms with Gasteiger partial charge in [-0.1, -0.05) is 146 Å². The summed E-state index contributed by atoms with van der Waals surface area (Å²) in [6.07, 6.45) is 0. The van der Waals surface area contributed by atoms with Gasteiger partial charge < -0.3 is 4.57 Å². The summed E-state index contributed by atoms with van der Waals surface area (Å²) in [7, 11) is 0. The fraction of sp³-hybridized carbons (Fsp3) is 0. The molecule has 9 aromatic carbocycles. The van der Waals surface area contributed by atoms with E-state index < -0.39 is 0 Å². The fourth-order valence-corrected chi connectivity index (χ4v) is 8.56. The van der Waals surface area contributed by atoms with E-state index in [0.717, 1.165) is 0 Å². The molecule has 0 amide bonds. The van der Waals surface area contributed by atoms with Crippen molar-refractivity contribution >= 4 is 54.1 Å². The van der Waals surface area contributed by atoms with E-state index >= 15 is 0 Å². The van der Waals surface area contributed by atoms with Crippen molar-refractivity contribution in [2.75, 3.05) is 0 Å². The first kappa shape index (κ1) is 26.6. The smallest absolute Gasteiger partial charge is 0.0619 e. The minimum Gasteiger partial charge on any atom is -0.308 e. The Labute approximate surface area is 283 Å². The maximum absolute atomic E-state index is 2.49. The monoisotopic (exact) mass is 619 g/mol. The van der Waals surface area contributed by atoms with Gasteiger partial charge in [-0.15, -0.1) is 0 Å². The molecule has 10 aromatic rings. The molecular weight excluding hydrogens is 591 g/mol. The summed E-state index contributed by atoms with van der Waals surface area (Å²) < 4.78 is 2.49. The van der Waals surface area contributed by atoms with Crippen LogP contribution in [0, 0.1) is 0 Å². The molecule has 49 heavy (non-hydrogen) atoms. The zero-order chi connectivity index (χ0) is 32.1. The third-order valence-electron chi connectivity index (χ3n) is 10.7. The molecule has 0 atom stereocenters. The first-order valence-electron chi connectivity index (χ1n) is 17.0. The van der Waals surface area contributed by atoms with Gasteiger partial charge in [0.15, 0.2) is 0 Å². The van der Waals surface area contributed by atoms with Crippen molar-refractivity contribution in [3.63, 3.8) is 0 Å². The van der Waals surface area contributed by atoms with E-state index in [9.17, 15) is 0 Å². The van der Waals surface area contributed by atoms with E-state index in [0.29, 0.717) is 0 Å². The Bertz CT molecular complexity index is 2980. The normalized spacial score (nSPS) is 12.1. The number of benzene rings is 9. The molecule has 226 valence electrons. The molecule has 1 heteroatoms. The van der Waals surface area contributed by atoms with Crippen molar-refractivity contribution < 1.29 is 0 Å². The molecular formula is C48H29N. The van der Waals surface area contributed by atoms with Crippen LogP contribution in [0.1, 0.15) is 0 Å². The molecule has 0 saturated heterocycles. The van der Waals surface area contributed by atoms with Crippen LogP contribution >= 0.6 is 0 Å². The molecule has 0 unspecified atom stereocenters. The van der Waals surface area contributed by atoms with E-state index in [2.05, 4.69) is 180 Å². The molecule has 1 aromatic heterocycles. The van der Waals surface area contributed by atoms with E-state index in [1.54, 1.807) is 0 Å². The highest BCUT2D eigenvalue weighted by Crippen LogP contribution is 2.49. The number of nitrogens with zero attached hydrogens (tertiary/aromatic N) is 1. The third-order valence-corrected chi connectivity index (χ3v) is 10.7. The standard InChI is InChI=1S/C48H29N/c1-2-15-35(16-3-1)49-47-37-17-5-4-11-30(37)23-24-43(47)44-26-25-40-36(20-10-22-42(40)48(44)49)32-13-8-12-31(27-32)34-28-33-14-9-21-41-38-18-6-7-19-39(38)45(29-34)46(33)41/h1-29H. The lowest BCUT2D eigenvalue weighted by molar-refractivity contribution is 1.19. The second-order valence-electron chi connectivity index (χ2n) is 13.3. The van der Waals surface area contributed by atoms with Crippen LogP contribution in [0.2, 0.25) is 0 Å². The molecule has 0 N–H and O–H groups in total. The van der Waals surface area contributed by atoms with Gasteiger partial charge in [-0.2, -0.15) is 0 Å². The summed E-state index contributed by atoms with van der Waals surface area (Å²) in [5.41, 5.74) is 14.0. The lowest BCUT2D eigenvalue weighted by atomic mass is 9.92. The van der Waals surface area contributed by atoms with Gasteiger partial charge in [0.25, 0.3) is 0 Å². The number of para-hydroxylation sites is 1. The molecule has 0 fully saturated rings. The van der Waals surface area contributed by atoms with Gasteiger partial charge in [0.05, 0.1) is 11.0 Å². The predicted molar refractivity (Wildman–Crippen MR) is 209 cm³/mol. The van der Waals surface area contributed by atoms with Crippen molar-refractivity contribution in [2.24, 2.45) is 0 Å². The average Bonchev–Trinajstić information content (AvgIpc) is 3.69. The number of hydrogen-bond acceptors (Lipinski definition) is 0. The molecule has 0 radical (unpaired) electrons. The zero-order valence-electron chi connectivity index (χ0n) is 26.7. The molecule has 1 aliphatic carbocycles. The Balaban J connectivity index is 1.15. The van der Waals surface area contributed by atoms with Gasteiger partial charge in [-0.05, 0) is 96.4 Å². The van der Waals surface area contributed by atoms with E-state index in [1.165, 1.54) is 104 Å². The molecule has 0 aliphatic heterocycles. The van der Waals surface area contributed by atoms with Crippen LogP contribution in [0.5, 0.6) is 0 Å². The van der Waals surface area contributed by atoms with E-state index in [-0.39, 0.29) is 0 Å². The van der Waals surface area contributed by atoms with Crippen LogP contribution in [-0.4, -0.2) is 4.57 Å². The Morgan fingerprint density at radius 1 is 0.286 bits per heavy atom. The summed E-state index contributed by atoms with van der Waals surface area (Å²) in [6, 6.07) is 65.0. The van der Waals surface area contributed by atoms with Crippen LogP contribution in [0.3, 0.4) is 0 Å². The summed E-state index contributed by atoms with van der Waals surface area (Å²) >= 11 is 0. The van der Waals surface area contributed by atoms with Crippen molar-refractivity contribution in [1.29, 1.82) is 0 Å². The molecule has 0 saturated carbocycles. The highest BCUT2D eigenvalue weighted by atomic mass is 15.0. The van der Waals surface area contributed by atoms with Crippen LogP contribution < -0.4 is 0 Å². The molecule has 0 bridgehead atoms. The highest BCUT2D eigenvalue weighted by Gasteiger charge is 2.22. The molecule has 1 aliphatic rings. The van der Waals surface area contributed by atoms with Crippen LogP contribution in [0.15, 0.2) is 176 Å². The van der Waals surface area contributed by atoms with Crippen molar-refractivity contribution in [3.8, 4) is 50.2 Å². The topological polar surface area (TPSA) is 4.93 Å². The first-order valence-corrected chi connectivity index (χ1v) is 17.0. The lowest BCUT2D eigenvalue weighted by Gasteiger charge is -2.14. The number of aromatic nitrogens is 1. The van der Waals surface area contributed by atoms with Gasteiger partial charge >= 0.3 is 0 Å². The fourth-order valence-electron chi connectivity index (χ4n) is 8.56. The third kappa shape index (κ3) is 3.76. The number of rotatable bonds is 3. The zero-order valence-corrected chi connectivity index (χ0v) is 26.7. The van der Waals surface area contributed by atoms with Gasteiger partial charge in [-0.25, -0.2) is 0 Å². The Kier molecular flexibility index (Phi) is 5.45. The van der Waals surface area contributed by atoms with E-state index in [1.807, 2.05) is 0 Å². The SMILES string of the molecule is c1ccc(-n2c3c4ccccc4ccc3c3ccc4c(-c5cccc(-c6cc7c8c(cccc8c6)-c6ccccc6-7)c5)cccc4c32)cc1. The van der Waals surface area contributed by atoms with Crippen LogP contribution in [-0.2, 0) is 0 Å². The van der Waals surface area contributed by atoms with Crippen LogP contribution in [0.4, 0.5) is 0 Å². The lowest BCUT2D eigenvalue weighted by Crippen LogP contribution is -1.95. The molecule has 11 rings (SSSR count). The molecule has 0 spiro atoms. The van der Waals surface area contributed by atoms with Gasteiger partial charge in [-0.3, -0.25) is 0 Å². The Morgan fingerprint density at radius 3 is 1.78 bits per heavy atom. The maximum Gasteiger partial charge on any atom is 0.0619 e. The first-order chi connectivity index (χ1) is 24.3. The Hall–Kier alpha value is -6.44. The second kappa shape index (κ2) is 10.0. The Morgan fingerprint density at radius 2 is 0.878 bits per heavy atom. The quantitative estimate of drug-likeness (QED) is 0.185. The molecule has 1 heterocycles. The largest absolute Gasteiger partial charge is 0.308 e. The minimum atomic E-state index is 1.17. The van der Waals surface area contributed by atoms with Gasteiger partial charge in [0, 0.05) is 27.2 Å². The van der Waals surface area contributed by atoms with E-state index in [4.69, 9.17) is 0 Å². The van der Waals surface area contributed by atoms with Crippen molar-refractivity contribution in [1.82, 2.24) is 4.57 Å². The number of hydrogen-bond donors (Lipinski definition) is 0. The maximum atomic E-state index is 2.49.